The molecule has 0 N–H and O–H groups in total. The number of nitrogens with zero attached hydrogens (tertiary/aromatic N) is 1. The molecule has 1 aliphatic rings. The van der Waals surface area contributed by atoms with Crippen molar-refractivity contribution in [2.24, 2.45) is 0 Å². The van der Waals surface area contributed by atoms with Crippen LogP contribution in [0.2, 0.25) is 0 Å². The lowest BCUT2D eigenvalue weighted by Gasteiger charge is -2.08. The highest BCUT2D eigenvalue weighted by Crippen LogP contribution is 2.43. The van der Waals surface area contributed by atoms with Gasteiger partial charge in [0, 0.05) is 53.9 Å². The predicted octanol–water partition coefficient (Wildman–Crippen LogP) is 21.0. The first kappa shape index (κ1) is 44.9. The van der Waals surface area contributed by atoms with Gasteiger partial charge in [-0.3, -0.25) is 0 Å². The minimum atomic E-state index is 0.881. The lowest BCUT2D eigenvalue weighted by molar-refractivity contribution is 0.665. The Hall–Kier alpha value is -10.4. The number of hydrogen-bond donors (Lipinski definition) is 0. The van der Waals surface area contributed by atoms with E-state index < -0.39 is 0 Å². The molecule has 18 rings (SSSR count). The lowest BCUT2D eigenvalue weighted by Crippen LogP contribution is -1.93. The number of rotatable bonds is 3. The molecule has 0 fully saturated rings. The van der Waals surface area contributed by atoms with Gasteiger partial charge in [-0.15, -0.1) is 0 Å². The maximum atomic E-state index is 6.60. The highest BCUT2D eigenvalue weighted by atomic mass is 16.3. The van der Waals surface area contributed by atoms with Gasteiger partial charge >= 0.3 is 0 Å². The van der Waals surface area contributed by atoms with Crippen LogP contribution in [0.3, 0.4) is 0 Å². The van der Waals surface area contributed by atoms with E-state index in [1.54, 1.807) is 0 Å². The van der Waals surface area contributed by atoms with Crippen molar-refractivity contribution < 1.29 is 17.7 Å². The van der Waals surface area contributed by atoms with E-state index >= 15 is 0 Å². The Balaban J connectivity index is 0.000000112. The highest BCUT2D eigenvalue weighted by molar-refractivity contribution is 6.17. The summed E-state index contributed by atoms with van der Waals surface area (Å²) < 4.78 is 27.2. The van der Waals surface area contributed by atoms with Gasteiger partial charge in [0.2, 0.25) is 0 Å². The average molecular weight is 1010 g/mol. The van der Waals surface area contributed by atoms with Crippen molar-refractivity contribution in [2.75, 3.05) is 0 Å². The molecule has 0 saturated carbocycles. The Kier molecular flexibility index (Phi) is 10.2. The Labute approximate surface area is 453 Å². The van der Waals surface area contributed by atoms with Gasteiger partial charge < -0.3 is 22.2 Å². The Morgan fingerprint density at radius 3 is 1.27 bits per heavy atom. The third-order valence-corrected chi connectivity index (χ3v) is 16.1. The van der Waals surface area contributed by atoms with Gasteiger partial charge in [0.15, 0.2) is 5.58 Å². The summed E-state index contributed by atoms with van der Waals surface area (Å²) in [7, 11) is 0. The predicted molar refractivity (Wildman–Crippen MR) is 327 cm³/mol. The number of aromatic nitrogens is 1. The van der Waals surface area contributed by atoms with Crippen molar-refractivity contribution in [2.45, 2.75) is 13.3 Å². The number of benzene rings is 12. The van der Waals surface area contributed by atoms with Crippen LogP contribution in [0, 0.1) is 6.92 Å². The fourth-order valence-corrected chi connectivity index (χ4v) is 12.5. The molecule has 0 radical (unpaired) electrons. The molecule has 0 spiro atoms. The Morgan fingerprint density at radius 2 is 0.696 bits per heavy atom. The molecule has 5 aromatic heterocycles. The van der Waals surface area contributed by atoms with Crippen LogP contribution >= 0.6 is 0 Å². The van der Waals surface area contributed by atoms with Gasteiger partial charge in [-0.2, -0.15) is 0 Å². The second kappa shape index (κ2) is 17.9. The fraction of sp³-hybridized carbons (Fsp3) is 0.0270. The summed E-state index contributed by atoms with van der Waals surface area (Å²) in [4.78, 5) is 0. The molecule has 1 aliphatic carbocycles. The second-order valence-electron chi connectivity index (χ2n) is 20.6. The van der Waals surface area contributed by atoms with Crippen LogP contribution in [-0.2, 0) is 6.42 Å². The maximum Gasteiger partial charge on any atom is 0.159 e. The molecule has 0 saturated heterocycles. The largest absolute Gasteiger partial charge is 0.456 e. The van der Waals surface area contributed by atoms with Crippen LogP contribution in [0.4, 0.5) is 0 Å². The molecular formula is C74H47NO4. The number of fused-ring (bicyclic) bond motifs is 18. The summed E-state index contributed by atoms with van der Waals surface area (Å²) in [5, 5.41) is 11.6. The minimum absolute atomic E-state index is 0.881. The molecule has 12 aromatic carbocycles. The third-order valence-electron chi connectivity index (χ3n) is 16.1. The van der Waals surface area contributed by atoms with Gasteiger partial charge in [0.1, 0.15) is 39.1 Å². The molecule has 5 heterocycles. The van der Waals surface area contributed by atoms with Crippen LogP contribution in [0.25, 0.3) is 149 Å². The number of furan rings is 4. The molecule has 17 aromatic rings. The normalized spacial score (nSPS) is 12.1. The SMILES string of the molecule is Cc1cccc2c1oc1ccc(-c3cccc4oc5ccccc5c34)cc12.c1ccc2c(c1)Cc1ccccc1-2.c1ccc2c(c1)oc1cccc(-c3ccc4oc5c(-n6c7ccccc7c7ccccc76)cccc5c4c3)c12. The van der Waals surface area contributed by atoms with Crippen molar-refractivity contribution in [1.29, 1.82) is 0 Å². The van der Waals surface area contributed by atoms with E-state index in [1.807, 2.05) is 36.4 Å². The average Bonchev–Trinajstić information content (AvgIpc) is 4.57. The van der Waals surface area contributed by atoms with E-state index in [-0.39, 0.29) is 0 Å². The van der Waals surface area contributed by atoms with Crippen LogP contribution < -0.4 is 0 Å². The Morgan fingerprint density at radius 1 is 0.291 bits per heavy atom. The fourth-order valence-electron chi connectivity index (χ4n) is 12.5. The topological polar surface area (TPSA) is 57.5 Å². The van der Waals surface area contributed by atoms with Crippen LogP contribution in [0.5, 0.6) is 0 Å². The van der Waals surface area contributed by atoms with Gasteiger partial charge in [0.05, 0.1) is 16.7 Å². The second-order valence-corrected chi connectivity index (χ2v) is 20.6. The zero-order valence-electron chi connectivity index (χ0n) is 43.0. The molecule has 0 atom stereocenters. The summed E-state index contributed by atoms with van der Waals surface area (Å²) in [6.45, 7) is 2.09. The smallest absolute Gasteiger partial charge is 0.159 e. The molecule has 79 heavy (non-hydrogen) atoms. The molecule has 0 bridgehead atoms. The molecular weight excluding hydrogens is 967 g/mol. The first-order valence-electron chi connectivity index (χ1n) is 26.9. The Bertz CT molecular complexity index is 5170. The van der Waals surface area contributed by atoms with E-state index in [2.05, 4.69) is 230 Å². The van der Waals surface area contributed by atoms with E-state index in [4.69, 9.17) is 17.7 Å². The van der Waals surface area contributed by atoms with E-state index in [9.17, 15) is 0 Å². The maximum absolute atomic E-state index is 6.60. The van der Waals surface area contributed by atoms with E-state index in [1.165, 1.54) is 55.2 Å². The third kappa shape index (κ3) is 7.17. The van der Waals surface area contributed by atoms with Gasteiger partial charge in [0.25, 0.3) is 0 Å². The zero-order chi connectivity index (χ0) is 52.1. The van der Waals surface area contributed by atoms with Crippen molar-refractivity contribution in [3.63, 3.8) is 0 Å². The molecule has 5 nitrogen and oxygen atoms in total. The standard InChI is InChI=1S/C36H21NO2.C25H16O2.C13H10/c1-4-14-29-24(9-1)25-10-2-5-15-30(25)37(29)31-16-7-13-26-28-21-22(19-20-33(28)39-36(26)31)23-12-8-18-34-35(23)27-11-3-6-17-32(27)38-34;1-15-6-4-9-18-20-14-16(12-13-22(20)27-25(15)18)17-8-5-11-23-24(17)19-7-2-3-10-21(19)26-23;1-3-7-12-10(5-1)9-11-6-2-4-8-13(11)12/h1-21H;2-14H,1H3;1-8H,9H2. The van der Waals surface area contributed by atoms with Gasteiger partial charge in [-0.25, -0.2) is 0 Å². The summed E-state index contributed by atoms with van der Waals surface area (Å²) >= 11 is 0. The van der Waals surface area contributed by atoms with Gasteiger partial charge in [-0.1, -0.05) is 188 Å². The zero-order valence-corrected chi connectivity index (χ0v) is 43.0. The van der Waals surface area contributed by atoms with Crippen LogP contribution in [0.1, 0.15) is 16.7 Å². The summed E-state index contributed by atoms with van der Waals surface area (Å²) in [5.41, 5.74) is 22.3. The molecule has 0 unspecified atom stereocenters. The summed E-state index contributed by atoms with van der Waals surface area (Å²) in [6, 6.07) is 89.2. The molecule has 0 amide bonds. The first-order valence-corrected chi connectivity index (χ1v) is 26.9. The van der Waals surface area contributed by atoms with Gasteiger partial charge in [-0.05, 0) is 130 Å². The van der Waals surface area contributed by atoms with Crippen molar-refractivity contribution in [1.82, 2.24) is 4.57 Å². The van der Waals surface area contributed by atoms with Crippen molar-refractivity contribution in [3.8, 4) is 39.1 Å². The summed E-state index contributed by atoms with van der Waals surface area (Å²) in [5.74, 6) is 0. The monoisotopic (exact) mass is 1010 g/mol. The minimum Gasteiger partial charge on any atom is -0.456 e. The quantitative estimate of drug-likeness (QED) is 0.177. The summed E-state index contributed by atoms with van der Waals surface area (Å²) in [6.07, 6.45) is 1.10. The van der Waals surface area contributed by atoms with Crippen LogP contribution in [0.15, 0.2) is 272 Å². The highest BCUT2D eigenvalue weighted by Gasteiger charge is 2.21. The molecule has 372 valence electrons. The van der Waals surface area contributed by atoms with E-state index in [0.29, 0.717) is 0 Å². The molecule has 5 heteroatoms. The number of aryl methyl sites for hydroxylation is 1. The van der Waals surface area contributed by atoms with Crippen molar-refractivity contribution >= 4 is 110 Å². The first-order chi connectivity index (χ1) is 39.1. The number of hydrogen-bond acceptors (Lipinski definition) is 4. The van der Waals surface area contributed by atoms with Crippen LogP contribution in [-0.4, -0.2) is 4.57 Å². The number of para-hydroxylation sites is 6. The van der Waals surface area contributed by atoms with Crippen molar-refractivity contribution in [3.05, 3.63) is 271 Å². The molecule has 0 aliphatic heterocycles. The van der Waals surface area contributed by atoms with E-state index in [0.717, 1.165) is 117 Å². The lowest BCUT2D eigenvalue weighted by atomic mass is 9.98.